The molecule has 1 aliphatic rings. The van der Waals surface area contributed by atoms with E-state index in [4.69, 9.17) is 21.3 Å². The number of thiazole rings is 1. The number of hydrogen-bond acceptors (Lipinski definition) is 7. The van der Waals surface area contributed by atoms with Gasteiger partial charge in [-0.2, -0.15) is 0 Å². The second-order valence-corrected chi connectivity index (χ2v) is 11.8. The number of benzene rings is 2. The summed E-state index contributed by atoms with van der Waals surface area (Å²) in [6, 6.07) is 8.04. The van der Waals surface area contributed by atoms with Crippen molar-refractivity contribution in [3.8, 4) is 21.8 Å². The van der Waals surface area contributed by atoms with Crippen LogP contribution < -0.4 is 0 Å². The van der Waals surface area contributed by atoms with Gasteiger partial charge < -0.3 is 4.74 Å². The van der Waals surface area contributed by atoms with Crippen LogP contribution in [-0.2, 0) is 20.3 Å². The van der Waals surface area contributed by atoms with Gasteiger partial charge in [0.1, 0.15) is 22.3 Å². The molecule has 3 heterocycles. The highest BCUT2D eigenvalue weighted by Crippen LogP contribution is 2.42. The van der Waals surface area contributed by atoms with Gasteiger partial charge in [-0.15, -0.1) is 11.3 Å². The molecule has 0 radical (unpaired) electrons. The van der Waals surface area contributed by atoms with Gasteiger partial charge in [0, 0.05) is 36.5 Å². The van der Waals surface area contributed by atoms with E-state index in [-0.39, 0.29) is 28.0 Å². The number of sulfone groups is 1. The molecule has 5 rings (SSSR count). The summed E-state index contributed by atoms with van der Waals surface area (Å²) in [5.41, 5.74) is 0.597. The van der Waals surface area contributed by atoms with Crippen LogP contribution in [0.25, 0.3) is 21.8 Å². The summed E-state index contributed by atoms with van der Waals surface area (Å²) in [7, 11) is -4.39. The number of ether oxygens (including phenoxy) is 1. The fourth-order valence-corrected chi connectivity index (χ4v) is 6.96. The molecule has 2 aromatic heterocycles. The van der Waals surface area contributed by atoms with Gasteiger partial charge in [0.05, 0.1) is 27.0 Å². The van der Waals surface area contributed by atoms with E-state index in [1.807, 2.05) is 0 Å². The number of hydrogen-bond donors (Lipinski definition) is 0. The molecule has 0 bridgehead atoms. The van der Waals surface area contributed by atoms with Gasteiger partial charge in [-0.25, -0.2) is 36.5 Å². The van der Waals surface area contributed by atoms with Crippen molar-refractivity contribution < 1.29 is 26.3 Å². The number of aromatic nitrogens is 3. The van der Waals surface area contributed by atoms with Gasteiger partial charge in [0.2, 0.25) is 5.28 Å². The molecule has 0 N–H and O–H groups in total. The maximum atomic E-state index is 15.9. The van der Waals surface area contributed by atoms with E-state index in [1.54, 1.807) is 6.07 Å². The number of rotatable bonds is 6. The van der Waals surface area contributed by atoms with Crippen molar-refractivity contribution in [2.45, 2.75) is 29.4 Å². The molecule has 6 nitrogen and oxygen atoms in total. The molecule has 0 atom stereocenters. The molecule has 0 saturated carbocycles. The maximum Gasteiger partial charge on any atom is 0.222 e. The minimum absolute atomic E-state index is 0.0157. The quantitative estimate of drug-likeness (QED) is 0.259. The Morgan fingerprint density at radius 3 is 2.59 bits per heavy atom. The first-order valence-electron chi connectivity index (χ1n) is 11.3. The van der Waals surface area contributed by atoms with E-state index < -0.39 is 37.9 Å². The summed E-state index contributed by atoms with van der Waals surface area (Å²) in [5.74, 6) is -3.59. The van der Waals surface area contributed by atoms with Crippen LogP contribution in [0.3, 0.4) is 0 Å². The van der Waals surface area contributed by atoms with E-state index in [9.17, 15) is 17.2 Å². The van der Waals surface area contributed by atoms with Crippen LogP contribution in [0.4, 0.5) is 13.2 Å². The highest BCUT2D eigenvalue weighted by Gasteiger charge is 2.27. The van der Waals surface area contributed by atoms with E-state index in [1.165, 1.54) is 35.7 Å². The Kier molecular flexibility index (Phi) is 7.30. The first-order chi connectivity index (χ1) is 17.7. The molecule has 1 aliphatic heterocycles. The van der Waals surface area contributed by atoms with Gasteiger partial charge in [0.15, 0.2) is 9.84 Å². The predicted molar refractivity (Wildman–Crippen MR) is 134 cm³/mol. The van der Waals surface area contributed by atoms with Crippen LogP contribution in [0.15, 0.2) is 53.6 Å². The van der Waals surface area contributed by atoms with E-state index in [0.29, 0.717) is 29.9 Å². The van der Waals surface area contributed by atoms with Crippen LogP contribution in [0.1, 0.15) is 29.3 Å². The Bertz CT molecular complexity index is 1570. The molecule has 0 spiro atoms. The topological polar surface area (TPSA) is 82.0 Å². The summed E-state index contributed by atoms with van der Waals surface area (Å²) in [5, 5.41) is 0.796. The van der Waals surface area contributed by atoms with Crippen LogP contribution >= 0.6 is 22.9 Å². The summed E-state index contributed by atoms with van der Waals surface area (Å²) in [6.45, 7) is 1.18. The average molecular weight is 566 g/mol. The minimum Gasteiger partial charge on any atom is -0.381 e. The van der Waals surface area contributed by atoms with Crippen molar-refractivity contribution in [3.63, 3.8) is 0 Å². The zero-order chi connectivity index (χ0) is 26.2. The van der Waals surface area contributed by atoms with Crippen molar-refractivity contribution in [1.82, 2.24) is 15.0 Å². The second-order valence-electron chi connectivity index (χ2n) is 8.44. The summed E-state index contributed by atoms with van der Waals surface area (Å²) < 4.78 is 74.9. The predicted octanol–water partition coefficient (Wildman–Crippen LogP) is 6.21. The third-order valence-electron chi connectivity index (χ3n) is 5.98. The molecule has 0 aliphatic carbocycles. The molecular formula is C25H19ClF3N3O3S2. The molecular weight excluding hydrogens is 547 g/mol. The van der Waals surface area contributed by atoms with Crippen LogP contribution in [0.5, 0.6) is 0 Å². The van der Waals surface area contributed by atoms with Crippen molar-refractivity contribution in [2.24, 2.45) is 0 Å². The second kappa shape index (κ2) is 10.5. The summed E-state index contributed by atoms with van der Waals surface area (Å²) >= 11 is 7.37. The summed E-state index contributed by atoms with van der Waals surface area (Å²) in [4.78, 5) is 12.6. The normalized spacial score (nSPS) is 14.7. The van der Waals surface area contributed by atoms with E-state index in [2.05, 4.69) is 9.97 Å². The first-order valence-corrected chi connectivity index (χ1v) is 14.1. The molecule has 0 unspecified atom stereocenters. The Morgan fingerprint density at radius 2 is 1.84 bits per heavy atom. The average Bonchev–Trinajstić information content (AvgIpc) is 3.32. The highest BCUT2D eigenvalue weighted by atomic mass is 35.5. The Hall–Kier alpha value is -2.86. The Morgan fingerprint density at radius 1 is 1.05 bits per heavy atom. The molecule has 4 aromatic rings. The van der Waals surface area contributed by atoms with Crippen molar-refractivity contribution in [3.05, 3.63) is 82.0 Å². The molecule has 192 valence electrons. The zero-order valence-electron chi connectivity index (χ0n) is 19.1. The largest absolute Gasteiger partial charge is 0.381 e. The third-order valence-corrected chi connectivity index (χ3v) is 9.08. The number of nitrogens with zero attached hydrogens (tertiary/aromatic N) is 3. The fourth-order valence-electron chi connectivity index (χ4n) is 4.15. The van der Waals surface area contributed by atoms with Crippen LogP contribution in [-0.4, -0.2) is 36.6 Å². The monoisotopic (exact) mass is 565 g/mol. The zero-order valence-corrected chi connectivity index (χ0v) is 21.5. The van der Waals surface area contributed by atoms with Crippen molar-refractivity contribution in [2.75, 3.05) is 13.2 Å². The lowest BCUT2D eigenvalue weighted by molar-refractivity contribution is 0.0853. The highest BCUT2D eigenvalue weighted by molar-refractivity contribution is 7.90. The third kappa shape index (κ3) is 5.40. The molecule has 1 saturated heterocycles. The lowest BCUT2D eigenvalue weighted by atomic mass is 10.0. The van der Waals surface area contributed by atoms with Gasteiger partial charge in [-0.3, -0.25) is 0 Å². The molecule has 1 fully saturated rings. The molecule has 0 amide bonds. The maximum absolute atomic E-state index is 15.9. The van der Waals surface area contributed by atoms with E-state index in [0.717, 1.165) is 30.0 Å². The molecule has 2 aromatic carbocycles. The first kappa shape index (κ1) is 25.8. The van der Waals surface area contributed by atoms with Crippen molar-refractivity contribution >= 4 is 32.8 Å². The minimum atomic E-state index is -4.39. The number of halogens is 4. The Balaban J connectivity index is 1.59. The van der Waals surface area contributed by atoms with E-state index >= 15 is 4.39 Å². The van der Waals surface area contributed by atoms with Crippen molar-refractivity contribution in [1.29, 1.82) is 0 Å². The van der Waals surface area contributed by atoms with Gasteiger partial charge >= 0.3 is 0 Å². The van der Waals surface area contributed by atoms with Gasteiger partial charge in [-0.05, 0) is 54.8 Å². The smallest absolute Gasteiger partial charge is 0.222 e. The van der Waals surface area contributed by atoms with Crippen LogP contribution in [0.2, 0.25) is 5.28 Å². The Labute approximate surface area is 220 Å². The molecule has 37 heavy (non-hydrogen) atoms. The SMILES string of the molecule is O=S(=O)(Cc1cccc(-c2nc(C3CCOCC3)sc2-c2ccnc(Cl)n2)c1F)c1cc(F)ccc1F. The van der Waals surface area contributed by atoms with Gasteiger partial charge in [-0.1, -0.05) is 12.1 Å². The summed E-state index contributed by atoms with van der Waals surface area (Å²) in [6.07, 6.45) is 3.00. The standard InChI is InChI=1S/C25H19ClF3N3O3S2/c26-25-30-9-6-19(31-25)23-22(32-24(36-23)14-7-10-35-11-8-14)17-3-1-2-15(21(17)29)13-37(33,34)20-12-16(27)4-5-18(20)28/h1-6,9,12,14H,7-8,10-11,13H2. The van der Waals surface area contributed by atoms with Crippen LogP contribution in [0, 0.1) is 17.5 Å². The lowest BCUT2D eigenvalue weighted by Gasteiger charge is -2.19. The lowest BCUT2D eigenvalue weighted by Crippen LogP contribution is -2.13. The van der Waals surface area contributed by atoms with Gasteiger partial charge in [0.25, 0.3) is 0 Å². The fraction of sp³-hybridized carbons (Fsp3) is 0.240. The molecule has 12 heteroatoms.